The summed E-state index contributed by atoms with van der Waals surface area (Å²) >= 11 is 1.59. The molecule has 0 bridgehead atoms. The van der Waals surface area contributed by atoms with Gasteiger partial charge in [0.15, 0.2) is 17.5 Å². The van der Waals surface area contributed by atoms with Crippen LogP contribution in [0.25, 0.3) is 10.8 Å². The molecular weight excluding hydrogens is 376 g/mol. The number of thiophene rings is 1. The molecule has 3 aromatic rings. The maximum atomic E-state index is 5.63. The fourth-order valence-corrected chi connectivity index (χ4v) is 3.18. The summed E-state index contributed by atoms with van der Waals surface area (Å²) in [6.45, 7) is 5.65. The highest BCUT2D eigenvalue weighted by molar-refractivity contribution is 7.13. The van der Waals surface area contributed by atoms with Crippen LogP contribution in [0.3, 0.4) is 0 Å². The summed E-state index contributed by atoms with van der Waals surface area (Å²) in [4.78, 5) is 10.1. The molecule has 2 aromatic heterocycles. The predicted octanol–water partition coefficient (Wildman–Crippen LogP) is 4.39. The molecule has 2 N–H and O–H groups in total. The van der Waals surface area contributed by atoms with E-state index in [0.29, 0.717) is 36.5 Å². The summed E-state index contributed by atoms with van der Waals surface area (Å²) in [5.41, 5.74) is 1.62. The molecule has 7 nitrogen and oxygen atoms in total. The Labute approximate surface area is 168 Å². The van der Waals surface area contributed by atoms with Crippen molar-refractivity contribution in [3.63, 3.8) is 0 Å². The summed E-state index contributed by atoms with van der Waals surface area (Å²) in [5, 5.41) is 8.50. The van der Waals surface area contributed by atoms with Gasteiger partial charge in [0.2, 0.25) is 5.89 Å². The summed E-state index contributed by atoms with van der Waals surface area (Å²) in [7, 11) is 1.62. The molecule has 1 aromatic carbocycles. The number of methoxy groups -OCH3 is 1. The summed E-state index contributed by atoms with van der Waals surface area (Å²) in [6.07, 6.45) is 1.64. The molecule has 8 heteroatoms. The molecule has 3 rings (SSSR count). The normalized spacial score (nSPS) is 11.3. The van der Waals surface area contributed by atoms with Crippen LogP contribution >= 0.6 is 11.3 Å². The lowest BCUT2D eigenvalue weighted by Gasteiger charge is -2.14. The molecule has 0 amide bonds. The number of nitrogens with one attached hydrogen (secondary N) is 2. The average molecular weight is 401 g/mol. The van der Waals surface area contributed by atoms with Crippen molar-refractivity contribution in [1.82, 2.24) is 10.3 Å². The van der Waals surface area contributed by atoms with Crippen LogP contribution in [0.1, 0.15) is 19.5 Å². The van der Waals surface area contributed by atoms with E-state index in [1.54, 1.807) is 24.7 Å². The van der Waals surface area contributed by atoms with Gasteiger partial charge in [0.25, 0.3) is 0 Å². The monoisotopic (exact) mass is 400 g/mol. The minimum atomic E-state index is 0.401. The van der Waals surface area contributed by atoms with Gasteiger partial charge in [0.05, 0.1) is 25.1 Å². The van der Waals surface area contributed by atoms with Crippen molar-refractivity contribution in [2.24, 2.45) is 4.99 Å². The third-order valence-electron chi connectivity index (χ3n) is 3.75. The molecule has 0 saturated carbocycles. The number of benzene rings is 1. The first-order chi connectivity index (χ1) is 13.7. The lowest BCUT2D eigenvalue weighted by molar-refractivity contribution is 0.311. The van der Waals surface area contributed by atoms with E-state index in [0.717, 1.165) is 22.8 Å². The largest absolute Gasteiger partial charge is 0.493 e. The van der Waals surface area contributed by atoms with Crippen molar-refractivity contribution in [1.29, 1.82) is 0 Å². The Kier molecular flexibility index (Phi) is 6.91. The number of nitrogens with zero attached hydrogens (tertiary/aromatic N) is 2. The van der Waals surface area contributed by atoms with Crippen molar-refractivity contribution in [2.75, 3.05) is 25.6 Å². The first kappa shape index (κ1) is 19.8. The van der Waals surface area contributed by atoms with E-state index < -0.39 is 0 Å². The highest BCUT2D eigenvalue weighted by atomic mass is 32.1. The second-order valence-corrected chi connectivity index (χ2v) is 6.69. The molecule has 148 valence electrons. The van der Waals surface area contributed by atoms with Gasteiger partial charge in [-0.2, -0.15) is 0 Å². The fourth-order valence-electron chi connectivity index (χ4n) is 2.52. The van der Waals surface area contributed by atoms with Gasteiger partial charge in [-0.15, -0.1) is 11.3 Å². The number of hydrogen-bond acceptors (Lipinski definition) is 6. The second-order valence-electron chi connectivity index (χ2n) is 5.74. The lowest BCUT2D eigenvalue weighted by atomic mass is 10.2. The maximum absolute atomic E-state index is 5.63. The fraction of sp³-hybridized carbons (Fsp3) is 0.300. The third kappa shape index (κ3) is 5.04. The number of ether oxygens (including phenoxy) is 2. The van der Waals surface area contributed by atoms with E-state index in [9.17, 15) is 0 Å². The average Bonchev–Trinajstić information content (AvgIpc) is 3.38. The molecule has 0 spiro atoms. The van der Waals surface area contributed by atoms with E-state index >= 15 is 0 Å². The Bertz CT molecular complexity index is 906. The Hall–Kier alpha value is -3.00. The van der Waals surface area contributed by atoms with Gasteiger partial charge in [0.1, 0.15) is 12.0 Å². The Morgan fingerprint density at radius 1 is 1.25 bits per heavy atom. The van der Waals surface area contributed by atoms with E-state index in [4.69, 9.17) is 13.9 Å². The lowest BCUT2D eigenvalue weighted by Crippen LogP contribution is -2.30. The number of hydrogen-bond donors (Lipinski definition) is 2. The van der Waals surface area contributed by atoms with Crippen LogP contribution in [0.4, 0.5) is 5.69 Å². The van der Waals surface area contributed by atoms with Crippen molar-refractivity contribution in [3.8, 4) is 22.3 Å². The first-order valence-electron chi connectivity index (χ1n) is 9.08. The van der Waals surface area contributed by atoms with Gasteiger partial charge in [-0.25, -0.2) is 9.98 Å². The number of aliphatic imine (C=N–C) groups is 1. The number of aromatic nitrogens is 1. The van der Waals surface area contributed by atoms with E-state index in [1.807, 2.05) is 49.6 Å². The van der Waals surface area contributed by atoms with E-state index in [1.165, 1.54) is 0 Å². The second kappa shape index (κ2) is 9.80. The SMILES string of the molecule is CCNC(=NCc1coc(-c2cccs2)n1)Nc1ccc(OC)c(OCC)c1. The zero-order valence-corrected chi connectivity index (χ0v) is 17.0. The van der Waals surface area contributed by atoms with E-state index in [2.05, 4.69) is 20.6 Å². The van der Waals surface area contributed by atoms with Crippen molar-refractivity contribution in [3.05, 3.63) is 47.7 Å². The number of anilines is 1. The Balaban J connectivity index is 1.71. The summed E-state index contributed by atoms with van der Waals surface area (Å²) < 4.78 is 16.5. The molecule has 0 unspecified atom stereocenters. The summed E-state index contributed by atoms with van der Waals surface area (Å²) in [5.74, 6) is 2.64. The third-order valence-corrected chi connectivity index (χ3v) is 4.61. The number of guanidine groups is 1. The maximum Gasteiger partial charge on any atom is 0.236 e. The molecule has 0 aliphatic heterocycles. The van der Waals surface area contributed by atoms with Crippen LogP contribution < -0.4 is 20.1 Å². The standard InChI is InChI=1S/C20H24N4O3S/c1-4-21-20(24-14-8-9-16(25-3)17(11-14)26-5-2)22-12-15-13-27-19(23-15)18-7-6-10-28-18/h6-11,13H,4-5,12H2,1-3H3,(H2,21,22,24). The van der Waals surface area contributed by atoms with Gasteiger partial charge >= 0.3 is 0 Å². The van der Waals surface area contributed by atoms with E-state index in [-0.39, 0.29) is 0 Å². The molecule has 0 saturated heterocycles. The minimum Gasteiger partial charge on any atom is -0.493 e. The Morgan fingerprint density at radius 2 is 2.14 bits per heavy atom. The van der Waals surface area contributed by atoms with Crippen molar-refractivity contribution < 1.29 is 13.9 Å². The molecule has 2 heterocycles. The predicted molar refractivity (Wildman–Crippen MR) is 112 cm³/mol. The molecule has 28 heavy (non-hydrogen) atoms. The van der Waals surface area contributed by atoms with Crippen LogP contribution in [0.2, 0.25) is 0 Å². The van der Waals surface area contributed by atoms with Gasteiger partial charge in [-0.05, 0) is 37.4 Å². The van der Waals surface area contributed by atoms with Crippen molar-refractivity contribution in [2.45, 2.75) is 20.4 Å². The van der Waals surface area contributed by atoms with Crippen LogP contribution in [0.5, 0.6) is 11.5 Å². The highest BCUT2D eigenvalue weighted by Gasteiger charge is 2.09. The van der Waals surface area contributed by atoms with Gasteiger partial charge in [-0.1, -0.05) is 6.07 Å². The quantitative estimate of drug-likeness (QED) is 0.431. The van der Waals surface area contributed by atoms with Crippen LogP contribution in [0, 0.1) is 0 Å². The minimum absolute atomic E-state index is 0.401. The molecule has 0 atom stereocenters. The van der Waals surface area contributed by atoms with Crippen LogP contribution in [-0.2, 0) is 6.54 Å². The highest BCUT2D eigenvalue weighted by Crippen LogP contribution is 2.30. The zero-order chi connectivity index (χ0) is 19.8. The van der Waals surface area contributed by atoms with Gasteiger partial charge < -0.3 is 24.5 Å². The molecular formula is C20H24N4O3S. The topological polar surface area (TPSA) is 80.9 Å². The molecule has 0 aliphatic carbocycles. The Morgan fingerprint density at radius 3 is 2.86 bits per heavy atom. The summed E-state index contributed by atoms with van der Waals surface area (Å²) in [6, 6.07) is 9.62. The van der Waals surface area contributed by atoms with Crippen molar-refractivity contribution >= 4 is 23.0 Å². The first-order valence-corrected chi connectivity index (χ1v) is 9.95. The molecule has 0 fully saturated rings. The smallest absolute Gasteiger partial charge is 0.236 e. The molecule has 0 radical (unpaired) electrons. The van der Waals surface area contributed by atoms with Gasteiger partial charge in [-0.3, -0.25) is 0 Å². The zero-order valence-electron chi connectivity index (χ0n) is 16.2. The van der Waals surface area contributed by atoms with Gasteiger partial charge in [0, 0.05) is 18.3 Å². The van der Waals surface area contributed by atoms with Crippen LogP contribution in [0.15, 0.2) is 51.4 Å². The van der Waals surface area contributed by atoms with Crippen LogP contribution in [-0.4, -0.2) is 31.2 Å². The number of oxazole rings is 1. The number of rotatable bonds is 8. The molecule has 0 aliphatic rings.